The van der Waals surface area contributed by atoms with Gasteiger partial charge in [0.2, 0.25) is 18.2 Å². The Morgan fingerprint density at radius 2 is 1.64 bits per heavy atom. The lowest BCUT2D eigenvalue weighted by molar-refractivity contribution is -0.140. The SMILES string of the molecule is CC(=O)c1cccc(NC(=O)C2CCC(C(=O)N3CCN(C=O)CC3)CC2)c1. The molecule has 1 saturated carbocycles. The fourth-order valence-corrected chi connectivity index (χ4v) is 3.97. The molecule has 1 aliphatic heterocycles. The van der Waals surface area contributed by atoms with E-state index in [9.17, 15) is 19.2 Å². The lowest BCUT2D eigenvalue weighted by Gasteiger charge is -2.36. The van der Waals surface area contributed by atoms with E-state index >= 15 is 0 Å². The number of benzene rings is 1. The summed E-state index contributed by atoms with van der Waals surface area (Å²) in [4.78, 5) is 51.1. The molecule has 0 spiro atoms. The molecule has 0 unspecified atom stereocenters. The van der Waals surface area contributed by atoms with Crippen LogP contribution in [0.25, 0.3) is 0 Å². The number of nitrogens with one attached hydrogen (secondary N) is 1. The number of hydrogen-bond acceptors (Lipinski definition) is 4. The van der Waals surface area contributed by atoms with Crippen LogP contribution in [0, 0.1) is 11.8 Å². The van der Waals surface area contributed by atoms with Crippen molar-refractivity contribution in [3.8, 4) is 0 Å². The molecule has 28 heavy (non-hydrogen) atoms. The van der Waals surface area contributed by atoms with E-state index in [1.165, 1.54) is 6.92 Å². The normalized spacial score (nSPS) is 22.5. The van der Waals surface area contributed by atoms with Crippen LogP contribution in [0.15, 0.2) is 24.3 Å². The van der Waals surface area contributed by atoms with Crippen LogP contribution in [-0.4, -0.2) is 60.0 Å². The summed E-state index contributed by atoms with van der Waals surface area (Å²) in [5.74, 6) is -0.0846. The van der Waals surface area contributed by atoms with Gasteiger partial charge < -0.3 is 15.1 Å². The summed E-state index contributed by atoms with van der Waals surface area (Å²) in [6, 6.07) is 6.95. The minimum Gasteiger partial charge on any atom is -0.342 e. The van der Waals surface area contributed by atoms with Crippen LogP contribution in [0.4, 0.5) is 5.69 Å². The monoisotopic (exact) mass is 385 g/mol. The molecule has 1 saturated heterocycles. The van der Waals surface area contributed by atoms with E-state index in [0.29, 0.717) is 63.1 Å². The number of amides is 3. The molecule has 0 atom stereocenters. The molecule has 150 valence electrons. The number of hydrogen-bond donors (Lipinski definition) is 1. The number of rotatable bonds is 5. The summed E-state index contributed by atoms with van der Waals surface area (Å²) < 4.78 is 0. The number of carbonyl (C=O) groups is 4. The average molecular weight is 385 g/mol. The standard InChI is InChI=1S/C21H27N3O4/c1-15(26)18-3-2-4-19(13-18)22-20(27)16-5-7-17(8-6-16)21(28)24-11-9-23(14-25)10-12-24/h2-4,13-14,16-17H,5-12H2,1H3,(H,22,27). The second-order valence-corrected chi connectivity index (χ2v) is 7.64. The summed E-state index contributed by atoms with van der Waals surface area (Å²) in [5, 5.41) is 2.90. The Labute approximate surface area is 165 Å². The topological polar surface area (TPSA) is 86.8 Å². The number of anilines is 1. The van der Waals surface area contributed by atoms with Crippen molar-refractivity contribution < 1.29 is 19.2 Å². The molecule has 1 aromatic carbocycles. The van der Waals surface area contributed by atoms with Gasteiger partial charge in [0.15, 0.2) is 5.78 Å². The molecule has 0 bridgehead atoms. The summed E-state index contributed by atoms with van der Waals surface area (Å²) in [7, 11) is 0. The highest BCUT2D eigenvalue weighted by atomic mass is 16.2. The third-order valence-corrected chi connectivity index (χ3v) is 5.76. The van der Waals surface area contributed by atoms with Crippen molar-refractivity contribution in [2.75, 3.05) is 31.5 Å². The smallest absolute Gasteiger partial charge is 0.227 e. The number of nitrogens with zero attached hydrogens (tertiary/aromatic N) is 2. The zero-order valence-electron chi connectivity index (χ0n) is 16.2. The summed E-state index contributed by atoms with van der Waals surface area (Å²) in [6.45, 7) is 3.85. The van der Waals surface area contributed by atoms with E-state index in [-0.39, 0.29) is 29.4 Å². The molecule has 3 rings (SSSR count). The van der Waals surface area contributed by atoms with E-state index < -0.39 is 0 Å². The third kappa shape index (κ3) is 4.77. The van der Waals surface area contributed by atoms with E-state index in [0.717, 1.165) is 6.41 Å². The molecular weight excluding hydrogens is 358 g/mol. The van der Waals surface area contributed by atoms with Crippen LogP contribution in [0.2, 0.25) is 0 Å². The van der Waals surface area contributed by atoms with Gasteiger partial charge in [-0.2, -0.15) is 0 Å². The van der Waals surface area contributed by atoms with Crippen molar-refractivity contribution in [2.45, 2.75) is 32.6 Å². The Hall–Kier alpha value is -2.70. The predicted octanol–water partition coefficient (Wildman–Crippen LogP) is 1.93. The second kappa shape index (κ2) is 8.99. The van der Waals surface area contributed by atoms with Crippen LogP contribution < -0.4 is 5.32 Å². The molecule has 2 fully saturated rings. The second-order valence-electron chi connectivity index (χ2n) is 7.64. The zero-order valence-corrected chi connectivity index (χ0v) is 16.2. The van der Waals surface area contributed by atoms with E-state index in [4.69, 9.17) is 0 Å². The fourth-order valence-electron chi connectivity index (χ4n) is 3.97. The lowest BCUT2D eigenvalue weighted by Crippen LogP contribution is -2.50. The van der Waals surface area contributed by atoms with Crippen molar-refractivity contribution in [3.63, 3.8) is 0 Å². The average Bonchev–Trinajstić information content (AvgIpc) is 2.73. The molecule has 1 heterocycles. The molecule has 2 aliphatic rings. The summed E-state index contributed by atoms with van der Waals surface area (Å²) in [6.07, 6.45) is 3.61. The highest BCUT2D eigenvalue weighted by Crippen LogP contribution is 2.31. The predicted molar refractivity (Wildman–Crippen MR) is 105 cm³/mol. The Morgan fingerprint density at radius 1 is 1.00 bits per heavy atom. The van der Waals surface area contributed by atoms with Crippen LogP contribution in [-0.2, 0) is 14.4 Å². The van der Waals surface area contributed by atoms with Gasteiger partial charge in [0.05, 0.1) is 0 Å². The number of piperazine rings is 1. The number of carbonyl (C=O) groups excluding carboxylic acids is 4. The third-order valence-electron chi connectivity index (χ3n) is 5.76. The van der Waals surface area contributed by atoms with Gasteiger partial charge in [0.25, 0.3) is 0 Å². The first-order chi connectivity index (χ1) is 13.5. The van der Waals surface area contributed by atoms with Gasteiger partial charge in [-0.05, 0) is 44.7 Å². The molecule has 1 aromatic rings. The summed E-state index contributed by atoms with van der Waals surface area (Å²) >= 11 is 0. The first-order valence-electron chi connectivity index (χ1n) is 9.88. The fraction of sp³-hybridized carbons (Fsp3) is 0.524. The van der Waals surface area contributed by atoms with Gasteiger partial charge in [-0.1, -0.05) is 12.1 Å². The maximum absolute atomic E-state index is 12.7. The largest absolute Gasteiger partial charge is 0.342 e. The lowest BCUT2D eigenvalue weighted by atomic mass is 9.80. The van der Waals surface area contributed by atoms with Gasteiger partial charge in [0.1, 0.15) is 0 Å². The van der Waals surface area contributed by atoms with Crippen molar-refractivity contribution >= 4 is 29.7 Å². The first kappa shape index (κ1) is 20.0. The Kier molecular flexibility index (Phi) is 6.44. The van der Waals surface area contributed by atoms with Crippen LogP contribution in [0.3, 0.4) is 0 Å². The Balaban J connectivity index is 1.49. The maximum atomic E-state index is 12.7. The quantitative estimate of drug-likeness (QED) is 0.620. The van der Waals surface area contributed by atoms with Gasteiger partial charge >= 0.3 is 0 Å². The number of ketones is 1. The maximum Gasteiger partial charge on any atom is 0.227 e. The van der Waals surface area contributed by atoms with Crippen molar-refractivity contribution in [2.24, 2.45) is 11.8 Å². The highest BCUT2D eigenvalue weighted by molar-refractivity contribution is 5.97. The van der Waals surface area contributed by atoms with Gasteiger partial charge in [0, 0.05) is 49.3 Å². The van der Waals surface area contributed by atoms with Crippen LogP contribution in [0.1, 0.15) is 43.0 Å². The van der Waals surface area contributed by atoms with Gasteiger partial charge in [-0.15, -0.1) is 0 Å². The molecule has 1 aliphatic carbocycles. The van der Waals surface area contributed by atoms with E-state index in [1.807, 2.05) is 4.90 Å². The van der Waals surface area contributed by atoms with Crippen molar-refractivity contribution in [3.05, 3.63) is 29.8 Å². The van der Waals surface area contributed by atoms with Crippen molar-refractivity contribution in [1.82, 2.24) is 9.80 Å². The first-order valence-corrected chi connectivity index (χ1v) is 9.88. The zero-order chi connectivity index (χ0) is 20.1. The molecule has 1 N–H and O–H groups in total. The Bertz CT molecular complexity index is 748. The molecule has 3 amide bonds. The van der Waals surface area contributed by atoms with E-state index in [2.05, 4.69) is 5.32 Å². The van der Waals surface area contributed by atoms with Gasteiger partial charge in [-0.25, -0.2) is 0 Å². The molecule has 0 radical (unpaired) electrons. The van der Waals surface area contributed by atoms with Crippen molar-refractivity contribution in [1.29, 1.82) is 0 Å². The van der Waals surface area contributed by atoms with E-state index in [1.54, 1.807) is 29.2 Å². The van der Waals surface area contributed by atoms with Gasteiger partial charge in [-0.3, -0.25) is 19.2 Å². The summed E-state index contributed by atoms with van der Waals surface area (Å²) in [5.41, 5.74) is 1.20. The molecular formula is C21H27N3O4. The number of Topliss-reactive ketones (excluding diaryl/α,β-unsaturated/α-hetero) is 1. The van der Waals surface area contributed by atoms with Crippen LogP contribution in [0.5, 0.6) is 0 Å². The minimum absolute atomic E-state index is 0.0344. The molecule has 7 nitrogen and oxygen atoms in total. The Morgan fingerprint density at radius 3 is 2.25 bits per heavy atom. The molecule has 7 heteroatoms. The molecule has 0 aromatic heterocycles. The van der Waals surface area contributed by atoms with Crippen LogP contribution >= 0.6 is 0 Å². The minimum atomic E-state index is -0.114. The highest BCUT2D eigenvalue weighted by Gasteiger charge is 2.33.